The summed E-state index contributed by atoms with van der Waals surface area (Å²) >= 11 is 7.65. The fourth-order valence-electron chi connectivity index (χ4n) is 2.90. The van der Waals surface area contributed by atoms with Gasteiger partial charge < -0.3 is 10.2 Å². The first-order valence-electron chi connectivity index (χ1n) is 8.96. The van der Waals surface area contributed by atoms with Crippen molar-refractivity contribution >= 4 is 34.5 Å². The molecular formula is C19H25ClN4OS. The molecule has 0 saturated carbocycles. The molecule has 1 aliphatic heterocycles. The van der Waals surface area contributed by atoms with E-state index >= 15 is 0 Å². The van der Waals surface area contributed by atoms with E-state index in [9.17, 15) is 4.79 Å². The summed E-state index contributed by atoms with van der Waals surface area (Å²) in [6.45, 7) is 9.51. The van der Waals surface area contributed by atoms with Crippen LogP contribution in [0.15, 0.2) is 29.6 Å². The van der Waals surface area contributed by atoms with Crippen LogP contribution in [0.4, 0.5) is 5.69 Å². The third-order valence-electron chi connectivity index (χ3n) is 4.36. The van der Waals surface area contributed by atoms with Crippen molar-refractivity contribution in [2.24, 2.45) is 5.92 Å². The number of hydrogen-bond acceptors (Lipinski definition) is 5. The predicted octanol–water partition coefficient (Wildman–Crippen LogP) is 3.50. The summed E-state index contributed by atoms with van der Waals surface area (Å²) in [5.74, 6) is 0.361. The molecular weight excluding hydrogens is 368 g/mol. The van der Waals surface area contributed by atoms with E-state index in [0.29, 0.717) is 18.2 Å². The molecule has 0 spiro atoms. The van der Waals surface area contributed by atoms with Gasteiger partial charge in [0.05, 0.1) is 6.54 Å². The maximum atomic E-state index is 12.1. The molecule has 1 fully saturated rings. The number of rotatable bonds is 6. The van der Waals surface area contributed by atoms with E-state index in [1.807, 2.05) is 23.6 Å². The SMILES string of the molecule is CC(C)CNC(=O)c1csc(CN2CCN(c3cccc(Cl)c3)CC2)n1. The fraction of sp³-hybridized carbons (Fsp3) is 0.474. The summed E-state index contributed by atoms with van der Waals surface area (Å²) in [5, 5.41) is 6.54. The quantitative estimate of drug-likeness (QED) is 0.817. The number of thiazole rings is 1. The Morgan fingerprint density at radius 1 is 1.31 bits per heavy atom. The van der Waals surface area contributed by atoms with Crippen molar-refractivity contribution < 1.29 is 4.79 Å². The van der Waals surface area contributed by atoms with Crippen molar-refractivity contribution in [2.45, 2.75) is 20.4 Å². The Morgan fingerprint density at radius 3 is 2.77 bits per heavy atom. The smallest absolute Gasteiger partial charge is 0.270 e. The van der Waals surface area contributed by atoms with E-state index in [0.717, 1.165) is 42.8 Å². The van der Waals surface area contributed by atoms with Crippen LogP contribution < -0.4 is 10.2 Å². The summed E-state index contributed by atoms with van der Waals surface area (Å²) in [4.78, 5) is 21.3. The highest BCUT2D eigenvalue weighted by atomic mass is 35.5. The largest absolute Gasteiger partial charge is 0.369 e. The van der Waals surface area contributed by atoms with Gasteiger partial charge in [-0.3, -0.25) is 9.69 Å². The number of aromatic nitrogens is 1. The highest BCUT2D eigenvalue weighted by Gasteiger charge is 2.19. The number of amides is 1. The molecule has 2 aromatic rings. The molecule has 2 heterocycles. The number of piperazine rings is 1. The van der Waals surface area contributed by atoms with Crippen LogP contribution in [0.1, 0.15) is 29.3 Å². The van der Waals surface area contributed by atoms with Crippen LogP contribution in [0.3, 0.4) is 0 Å². The zero-order chi connectivity index (χ0) is 18.5. The molecule has 1 aromatic carbocycles. The lowest BCUT2D eigenvalue weighted by atomic mass is 10.2. The topological polar surface area (TPSA) is 48.5 Å². The molecule has 5 nitrogen and oxygen atoms in total. The van der Waals surface area contributed by atoms with Gasteiger partial charge in [-0.1, -0.05) is 31.5 Å². The lowest BCUT2D eigenvalue weighted by molar-refractivity contribution is 0.0944. The Balaban J connectivity index is 1.50. The fourth-order valence-corrected chi connectivity index (χ4v) is 3.90. The van der Waals surface area contributed by atoms with E-state index in [4.69, 9.17) is 11.6 Å². The highest BCUT2D eigenvalue weighted by molar-refractivity contribution is 7.09. The van der Waals surface area contributed by atoms with Gasteiger partial charge in [0.15, 0.2) is 0 Å². The molecule has 1 aliphatic rings. The first-order valence-corrected chi connectivity index (χ1v) is 10.2. The maximum Gasteiger partial charge on any atom is 0.270 e. The van der Waals surface area contributed by atoms with Gasteiger partial charge in [-0.2, -0.15) is 0 Å². The van der Waals surface area contributed by atoms with Crippen LogP contribution >= 0.6 is 22.9 Å². The second-order valence-electron chi connectivity index (χ2n) is 6.97. The predicted molar refractivity (Wildman–Crippen MR) is 108 cm³/mol. The van der Waals surface area contributed by atoms with Crippen LogP contribution in [0.25, 0.3) is 0 Å². The molecule has 0 unspecified atom stereocenters. The van der Waals surface area contributed by atoms with Crippen molar-refractivity contribution in [1.29, 1.82) is 0 Å². The molecule has 1 N–H and O–H groups in total. The van der Waals surface area contributed by atoms with Gasteiger partial charge in [0.25, 0.3) is 5.91 Å². The second kappa shape index (κ2) is 8.84. The standard InChI is InChI=1S/C19H25ClN4OS/c1-14(2)11-21-19(25)17-13-26-18(22-17)12-23-6-8-24(9-7-23)16-5-3-4-15(20)10-16/h3-5,10,13-14H,6-9,11-12H2,1-2H3,(H,21,25). The Morgan fingerprint density at radius 2 is 2.08 bits per heavy atom. The molecule has 0 bridgehead atoms. The van der Waals surface area contributed by atoms with Crippen molar-refractivity contribution in [3.8, 4) is 0 Å². The van der Waals surface area contributed by atoms with E-state index in [1.54, 1.807) is 11.3 Å². The van der Waals surface area contributed by atoms with Crippen LogP contribution in [0.2, 0.25) is 5.02 Å². The summed E-state index contributed by atoms with van der Waals surface area (Å²) < 4.78 is 0. The van der Waals surface area contributed by atoms with Gasteiger partial charge in [0, 0.05) is 48.8 Å². The Kier molecular flexibility index (Phi) is 6.51. The number of nitrogens with zero attached hydrogens (tertiary/aromatic N) is 3. The molecule has 0 atom stereocenters. The molecule has 140 valence electrons. The maximum absolute atomic E-state index is 12.1. The summed E-state index contributed by atoms with van der Waals surface area (Å²) in [7, 11) is 0. The molecule has 0 aliphatic carbocycles. The minimum Gasteiger partial charge on any atom is -0.369 e. The van der Waals surface area contributed by atoms with Gasteiger partial charge >= 0.3 is 0 Å². The highest BCUT2D eigenvalue weighted by Crippen LogP contribution is 2.21. The third-order valence-corrected chi connectivity index (χ3v) is 5.43. The molecule has 3 rings (SSSR count). The number of benzene rings is 1. The molecule has 26 heavy (non-hydrogen) atoms. The van der Waals surface area contributed by atoms with E-state index in [1.165, 1.54) is 5.69 Å². The number of carbonyl (C=O) groups excluding carboxylic acids is 1. The minimum absolute atomic E-state index is 0.0769. The molecule has 1 saturated heterocycles. The van der Waals surface area contributed by atoms with Gasteiger partial charge in [0.1, 0.15) is 10.7 Å². The number of halogens is 1. The monoisotopic (exact) mass is 392 g/mol. The number of carbonyl (C=O) groups is 1. The van der Waals surface area contributed by atoms with E-state index in [2.05, 4.69) is 40.0 Å². The Labute approximate surface area is 164 Å². The first-order chi connectivity index (χ1) is 12.5. The number of hydrogen-bond donors (Lipinski definition) is 1. The Hall–Kier alpha value is -1.63. The lowest BCUT2D eigenvalue weighted by Gasteiger charge is -2.35. The summed E-state index contributed by atoms with van der Waals surface area (Å²) in [6.07, 6.45) is 0. The molecule has 1 amide bonds. The van der Waals surface area contributed by atoms with E-state index in [-0.39, 0.29) is 5.91 Å². The van der Waals surface area contributed by atoms with Crippen LogP contribution in [0.5, 0.6) is 0 Å². The zero-order valence-corrected chi connectivity index (χ0v) is 16.8. The zero-order valence-electron chi connectivity index (χ0n) is 15.2. The van der Waals surface area contributed by atoms with Gasteiger partial charge in [-0.05, 0) is 24.1 Å². The second-order valence-corrected chi connectivity index (χ2v) is 8.35. The molecule has 1 aromatic heterocycles. The van der Waals surface area contributed by atoms with Crippen LogP contribution in [-0.4, -0.2) is 48.5 Å². The van der Waals surface area contributed by atoms with E-state index < -0.39 is 0 Å². The third kappa shape index (κ3) is 5.19. The van der Waals surface area contributed by atoms with Crippen LogP contribution in [0, 0.1) is 5.92 Å². The van der Waals surface area contributed by atoms with Crippen molar-refractivity contribution in [2.75, 3.05) is 37.6 Å². The van der Waals surface area contributed by atoms with Crippen LogP contribution in [-0.2, 0) is 6.54 Å². The Bertz CT molecular complexity index is 741. The summed E-state index contributed by atoms with van der Waals surface area (Å²) in [5.41, 5.74) is 1.71. The van der Waals surface area contributed by atoms with Crippen molar-refractivity contribution in [3.05, 3.63) is 45.4 Å². The molecule has 7 heteroatoms. The van der Waals surface area contributed by atoms with Gasteiger partial charge in [0.2, 0.25) is 0 Å². The summed E-state index contributed by atoms with van der Waals surface area (Å²) in [6, 6.07) is 8.01. The minimum atomic E-state index is -0.0769. The lowest BCUT2D eigenvalue weighted by Crippen LogP contribution is -2.45. The average Bonchev–Trinajstić information content (AvgIpc) is 3.09. The number of anilines is 1. The van der Waals surface area contributed by atoms with Crippen molar-refractivity contribution in [1.82, 2.24) is 15.2 Å². The number of nitrogens with one attached hydrogen (secondary N) is 1. The van der Waals surface area contributed by atoms with Crippen molar-refractivity contribution in [3.63, 3.8) is 0 Å². The van der Waals surface area contributed by atoms with Gasteiger partial charge in [-0.25, -0.2) is 4.98 Å². The molecule has 0 radical (unpaired) electrons. The normalized spacial score (nSPS) is 15.5. The van der Waals surface area contributed by atoms with Gasteiger partial charge in [-0.15, -0.1) is 11.3 Å². The first kappa shape index (κ1) is 19.1. The average molecular weight is 393 g/mol.